The number of rotatable bonds is 0. The van der Waals surface area contributed by atoms with Gasteiger partial charge in [0.15, 0.2) is 3.95 Å². The molecule has 0 saturated heterocycles. The third-order valence-electron chi connectivity index (χ3n) is 0.368. The van der Waals surface area contributed by atoms with Gasteiger partial charge in [-0.2, -0.15) is 18.6 Å². The van der Waals surface area contributed by atoms with Gasteiger partial charge in [0.1, 0.15) is 5.51 Å². The van der Waals surface area contributed by atoms with Crippen molar-refractivity contribution in [3.05, 3.63) is 9.46 Å². The Morgan fingerprint density at radius 2 is 2.57 bits per heavy atom. The molecule has 2 nitrogen and oxygen atoms in total. The van der Waals surface area contributed by atoms with Crippen LogP contribution in [-0.2, 0) is 0 Å². The molecule has 0 fully saturated rings. The number of nitrogens with one attached hydrogen (secondary N) is 1. The zero-order valence-corrected chi connectivity index (χ0v) is 5.97. The molecule has 1 rings (SSSR count). The SMILES string of the molecule is S.S=c1[nH]ncs1. The van der Waals surface area contributed by atoms with Crippen LogP contribution in [0.1, 0.15) is 0 Å². The number of hydrogen-bond acceptors (Lipinski definition) is 3. The summed E-state index contributed by atoms with van der Waals surface area (Å²) in [5, 5.41) is 6.19. The van der Waals surface area contributed by atoms with E-state index in [2.05, 4.69) is 22.4 Å². The highest BCUT2D eigenvalue weighted by Crippen LogP contribution is 1.88. The molecule has 0 aliphatic carbocycles. The highest BCUT2D eigenvalue weighted by atomic mass is 32.1. The van der Waals surface area contributed by atoms with Gasteiger partial charge in [-0.25, -0.2) is 0 Å². The number of nitrogens with zero attached hydrogens (tertiary/aromatic N) is 1. The Morgan fingerprint density at radius 3 is 2.71 bits per heavy atom. The largest absolute Gasteiger partial charge is 0.258 e. The second kappa shape index (κ2) is 3.17. The Kier molecular flexibility index (Phi) is 3.23. The molecule has 0 aromatic carbocycles. The lowest BCUT2D eigenvalue weighted by molar-refractivity contribution is 1.08. The van der Waals surface area contributed by atoms with E-state index in [1.165, 1.54) is 11.3 Å². The zero-order valence-electron chi connectivity index (χ0n) is 3.34. The lowest BCUT2D eigenvalue weighted by atomic mass is 11.6. The predicted octanol–water partition coefficient (Wildman–Crippen LogP) is 1.31. The molecular formula is C2H4N2S3. The van der Waals surface area contributed by atoms with Gasteiger partial charge in [-0.05, 0) is 12.2 Å². The van der Waals surface area contributed by atoms with E-state index in [9.17, 15) is 0 Å². The molecule has 1 heterocycles. The maximum Gasteiger partial charge on any atom is 0.176 e. The number of aromatic amines is 1. The number of hydrogen-bond donors (Lipinski definition) is 1. The summed E-state index contributed by atoms with van der Waals surface area (Å²) >= 11 is 6.07. The van der Waals surface area contributed by atoms with Crippen LogP contribution >= 0.6 is 37.1 Å². The van der Waals surface area contributed by atoms with Crippen LogP contribution in [0, 0.1) is 3.95 Å². The van der Waals surface area contributed by atoms with E-state index in [1.54, 1.807) is 5.51 Å². The fourth-order valence-electron chi connectivity index (χ4n) is 0.180. The summed E-state index contributed by atoms with van der Waals surface area (Å²) in [6.07, 6.45) is 0. The number of aromatic nitrogens is 2. The second-order valence-corrected chi connectivity index (χ2v) is 2.27. The van der Waals surface area contributed by atoms with E-state index in [-0.39, 0.29) is 13.5 Å². The first-order valence-corrected chi connectivity index (χ1v) is 2.66. The molecule has 1 aromatic rings. The highest BCUT2D eigenvalue weighted by Gasteiger charge is 1.68. The second-order valence-electron chi connectivity index (χ2n) is 0.752. The normalized spacial score (nSPS) is 7.43. The smallest absolute Gasteiger partial charge is 0.176 e. The van der Waals surface area contributed by atoms with E-state index < -0.39 is 0 Å². The van der Waals surface area contributed by atoms with Crippen molar-refractivity contribution < 1.29 is 0 Å². The van der Waals surface area contributed by atoms with Gasteiger partial charge in [-0.15, -0.1) is 0 Å². The monoisotopic (exact) mass is 152 g/mol. The lowest BCUT2D eigenvalue weighted by Crippen LogP contribution is -1.57. The van der Waals surface area contributed by atoms with Crippen molar-refractivity contribution in [1.29, 1.82) is 0 Å². The van der Waals surface area contributed by atoms with Crippen LogP contribution in [0.4, 0.5) is 0 Å². The summed E-state index contributed by atoms with van der Waals surface area (Å²) in [5.74, 6) is 0. The Bertz CT molecular complexity index is 149. The molecule has 1 N–H and O–H groups in total. The standard InChI is InChI=1S/C2H2N2S2.H2S/c5-2-4-3-1-6-2;/h1H,(H,4,5);1H2. The van der Waals surface area contributed by atoms with E-state index >= 15 is 0 Å². The molecule has 7 heavy (non-hydrogen) atoms. The average Bonchev–Trinajstić information content (AvgIpc) is 1.86. The summed E-state index contributed by atoms with van der Waals surface area (Å²) in [4.78, 5) is 0. The van der Waals surface area contributed by atoms with E-state index in [4.69, 9.17) is 0 Å². The van der Waals surface area contributed by atoms with Gasteiger partial charge in [0.05, 0.1) is 0 Å². The molecule has 0 saturated carbocycles. The molecule has 40 valence electrons. The molecule has 0 radical (unpaired) electrons. The Balaban J connectivity index is 0.000000360. The lowest BCUT2D eigenvalue weighted by Gasteiger charge is -1.52. The van der Waals surface area contributed by atoms with E-state index in [0.717, 1.165) is 3.95 Å². The third kappa shape index (κ3) is 2.06. The first-order valence-electron chi connectivity index (χ1n) is 1.38. The zero-order chi connectivity index (χ0) is 4.41. The Morgan fingerprint density at radius 1 is 1.86 bits per heavy atom. The van der Waals surface area contributed by atoms with Crippen LogP contribution in [-0.4, -0.2) is 10.2 Å². The molecule has 0 amide bonds. The molecule has 0 aliphatic heterocycles. The maximum absolute atomic E-state index is 4.65. The topological polar surface area (TPSA) is 28.7 Å². The molecule has 0 spiro atoms. The van der Waals surface area contributed by atoms with E-state index in [0.29, 0.717) is 0 Å². The number of H-pyrrole nitrogens is 1. The molecule has 1 aromatic heterocycles. The highest BCUT2D eigenvalue weighted by molar-refractivity contribution is 7.73. The fourth-order valence-corrected chi connectivity index (χ4v) is 0.668. The van der Waals surface area contributed by atoms with Gasteiger partial charge in [-0.1, -0.05) is 11.3 Å². The quantitative estimate of drug-likeness (QED) is 0.568. The minimum Gasteiger partial charge on any atom is -0.258 e. The van der Waals surface area contributed by atoms with E-state index in [1.807, 2.05) is 0 Å². The molecule has 0 bridgehead atoms. The molecule has 0 atom stereocenters. The van der Waals surface area contributed by atoms with Gasteiger partial charge in [0, 0.05) is 0 Å². The van der Waals surface area contributed by atoms with Crippen molar-refractivity contribution in [2.45, 2.75) is 0 Å². The molecular weight excluding hydrogens is 148 g/mol. The molecule has 5 heteroatoms. The van der Waals surface area contributed by atoms with Crippen LogP contribution in [0.25, 0.3) is 0 Å². The van der Waals surface area contributed by atoms with Crippen LogP contribution in [0.2, 0.25) is 0 Å². The van der Waals surface area contributed by atoms with Gasteiger partial charge >= 0.3 is 0 Å². The molecule has 0 aliphatic rings. The average molecular weight is 152 g/mol. The summed E-state index contributed by atoms with van der Waals surface area (Å²) in [5.41, 5.74) is 1.67. The summed E-state index contributed by atoms with van der Waals surface area (Å²) in [6, 6.07) is 0. The van der Waals surface area contributed by atoms with Gasteiger partial charge < -0.3 is 0 Å². The van der Waals surface area contributed by atoms with Crippen molar-refractivity contribution >= 4 is 37.1 Å². The van der Waals surface area contributed by atoms with Gasteiger partial charge in [0.25, 0.3) is 0 Å². The molecule has 0 unspecified atom stereocenters. The summed E-state index contributed by atoms with van der Waals surface area (Å²) in [6.45, 7) is 0. The summed E-state index contributed by atoms with van der Waals surface area (Å²) < 4.78 is 0.731. The van der Waals surface area contributed by atoms with Crippen LogP contribution in [0.5, 0.6) is 0 Å². The van der Waals surface area contributed by atoms with Crippen molar-refractivity contribution in [2.75, 3.05) is 0 Å². The van der Waals surface area contributed by atoms with Gasteiger partial charge in [0.2, 0.25) is 0 Å². The minimum absolute atomic E-state index is 0. The Hall–Kier alpha value is 0.130. The van der Waals surface area contributed by atoms with Gasteiger partial charge in [-0.3, -0.25) is 5.10 Å². The first-order chi connectivity index (χ1) is 2.89. The van der Waals surface area contributed by atoms with Crippen LogP contribution in [0.3, 0.4) is 0 Å². The van der Waals surface area contributed by atoms with Crippen LogP contribution < -0.4 is 0 Å². The van der Waals surface area contributed by atoms with Crippen molar-refractivity contribution in [2.24, 2.45) is 0 Å². The fraction of sp³-hybridized carbons (Fsp3) is 0. The third-order valence-corrected chi connectivity index (χ3v) is 1.26. The van der Waals surface area contributed by atoms with Crippen molar-refractivity contribution in [3.8, 4) is 0 Å². The van der Waals surface area contributed by atoms with Crippen molar-refractivity contribution in [3.63, 3.8) is 0 Å². The minimum atomic E-state index is 0. The van der Waals surface area contributed by atoms with Crippen molar-refractivity contribution in [1.82, 2.24) is 10.2 Å². The first kappa shape index (κ1) is 7.13. The maximum atomic E-state index is 4.65. The summed E-state index contributed by atoms with van der Waals surface area (Å²) in [7, 11) is 0. The predicted molar refractivity (Wildman–Crippen MR) is 37.7 cm³/mol. The van der Waals surface area contributed by atoms with Crippen LogP contribution in [0.15, 0.2) is 5.51 Å². The Labute approximate surface area is 57.0 Å².